The maximum absolute atomic E-state index is 14.6. The summed E-state index contributed by atoms with van der Waals surface area (Å²) in [5.41, 5.74) is 1.01. The molecule has 1 aliphatic rings. The highest BCUT2D eigenvalue weighted by molar-refractivity contribution is 7.74. The highest BCUT2D eigenvalue weighted by Gasteiger charge is 2.41. The molecule has 1 heterocycles. The van der Waals surface area contributed by atoms with E-state index < -0.39 is 40.3 Å². The maximum atomic E-state index is 14.6. The lowest BCUT2D eigenvalue weighted by Crippen LogP contribution is -2.27. The number of carbonyl (C=O) groups excluding carboxylic acids is 1. The molecular weight excluding hydrogens is 530 g/mol. The Morgan fingerprint density at radius 1 is 1.08 bits per heavy atom. The number of nitrogens with zero attached hydrogens (tertiary/aromatic N) is 3. The lowest BCUT2D eigenvalue weighted by molar-refractivity contribution is -0.182. The first-order valence-electron chi connectivity index (χ1n) is 11.7. The van der Waals surface area contributed by atoms with Gasteiger partial charge >= 0.3 is 12.1 Å². The number of carbonyl (C=O) groups is 1. The average molecular weight is 556 g/mol. The molecule has 0 bridgehead atoms. The number of methoxy groups -OCH3 is 2. The molecule has 1 aliphatic carbocycles. The van der Waals surface area contributed by atoms with Gasteiger partial charge < -0.3 is 9.47 Å². The molecule has 3 aromatic rings. The Morgan fingerprint density at radius 2 is 1.74 bits per heavy atom. The summed E-state index contributed by atoms with van der Waals surface area (Å²) in [5, 5.41) is 4.21. The van der Waals surface area contributed by atoms with Gasteiger partial charge in [0, 0.05) is 6.07 Å². The van der Waals surface area contributed by atoms with Crippen LogP contribution in [0.25, 0.3) is 5.69 Å². The summed E-state index contributed by atoms with van der Waals surface area (Å²) in [4.78, 5) is 11.8. The molecule has 0 N–H and O–H groups in total. The zero-order valence-electron chi connectivity index (χ0n) is 20.4. The number of ether oxygens (including phenoxy) is 2. The third kappa shape index (κ3) is 5.62. The Labute approximate surface area is 217 Å². The number of esters is 1. The van der Waals surface area contributed by atoms with E-state index in [4.69, 9.17) is 4.74 Å². The SMILES string of the molecule is COC(=O)c1cc(OC)c(N(c2cnn(-c3ccc(C4CCC(C(F)(F)F)CC4)cc3)c2)[SH](=O)=O)cc1F. The number of aromatic nitrogens is 2. The molecule has 1 aromatic heterocycles. The fourth-order valence-electron chi connectivity index (χ4n) is 4.68. The highest BCUT2D eigenvalue weighted by atomic mass is 32.2. The van der Waals surface area contributed by atoms with Gasteiger partial charge in [-0.2, -0.15) is 18.3 Å². The molecule has 38 heavy (non-hydrogen) atoms. The van der Waals surface area contributed by atoms with E-state index in [2.05, 4.69) is 9.84 Å². The minimum atomic E-state index is -4.16. The summed E-state index contributed by atoms with van der Waals surface area (Å²) in [6.07, 6.45) is -0.363. The van der Waals surface area contributed by atoms with E-state index in [0.29, 0.717) is 18.5 Å². The van der Waals surface area contributed by atoms with Crippen molar-refractivity contribution in [2.45, 2.75) is 37.8 Å². The van der Waals surface area contributed by atoms with Crippen molar-refractivity contribution in [3.05, 3.63) is 65.7 Å². The topological polar surface area (TPSA) is 90.7 Å². The first kappa shape index (κ1) is 27.4. The van der Waals surface area contributed by atoms with Crippen LogP contribution >= 0.6 is 0 Å². The van der Waals surface area contributed by atoms with Gasteiger partial charge in [-0.15, -0.1) is 0 Å². The van der Waals surface area contributed by atoms with Crippen molar-refractivity contribution in [3.8, 4) is 11.4 Å². The van der Waals surface area contributed by atoms with Gasteiger partial charge in [-0.3, -0.25) is 0 Å². The number of hydrogen-bond acceptors (Lipinski definition) is 6. The van der Waals surface area contributed by atoms with Gasteiger partial charge in [0.15, 0.2) is 0 Å². The molecule has 0 aliphatic heterocycles. The lowest BCUT2D eigenvalue weighted by atomic mass is 9.78. The van der Waals surface area contributed by atoms with Crippen molar-refractivity contribution in [1.29, 1.82) is 0 Å². The molecule has 0 amide bonds. The van der Waals surface area contributed by atoms with Crippen LogP contribution in [0, 0.1) is 11.7 Å². The Kier molecular flexibility index (Phi) is 7.95. The van der Waals surface area contributed by atoms with Gasteiger partial charge in [0.25, 0.3) is 0 Å². The predicted octanol–water partition coefficient (Wildman–Crippen LogP) is 5.31. The molecular formula is C25H25F4N3O5S. The number of alkyl halides is 3. The summed E-state index contributed by atoms with van der Waals surface area (Å²) in [5.74, 6) is -3.24. The third-order valence-corrected chi connectivity index (χ3v) is 7.47. The normalized spacial score (nSPS) is 17.9. The molecule has 0 atom stereocenters. The molecule has 0 spiro atoms. The first-order chi connectivity index (χ1) is 18.0. The second-order valence-corrected chi connectivity index (χ2v) is 9.75. The van der Waals surface area contributed by atoms with Crippen LogP contribution in [0.4, 0.5) is 28.9 Å². The predicted molar refractivity (Wildman–Crippen MR) is 131 cm³/mol. The monoisotopic (exact) mass is 555 g/mol. The molecule has 2 aromatic carbocycles. The van der Waals surface area contributed by atoms with Gasteiger partial charge in [0.1, 0.15) is 17.3 Å². The third-order valence-electron chi connectivity index (χ3n) is 6.70. The number of anilines is 2. The van der Waals surface area contributed by atoms with E-state index in [9.17, 15) is 30.8 Å². The lowest BCUT2D eigenvalue weighted by Gasteiger charge is -2.30. The smallest absolute Gasteiger partial charge is 0.391 e. The fourth-order valence-corrected chi connectivity index (χ4v) is 5.30. The minimum Gasteiger partial charge on any atom is -0.495 e. The largest absolute Gasteiger partial charge is 0.495 e. The number of thiol groups is 1. The zero-order valence-corrected chi connectivity index (χ0v) is 21.3. The fraction of sp³-hybridized carbons (Fsp3) is 0.360. The molecule has 0 radical (unpaired) electrons. The van der Waals surface area contributed by atoms with Crippen molar-refractivity contribution >= 4 is 28.2 Å². The van der Waals surface area contributed by atoms with Crippen LogP contribution in [0.5, 0.6) is 5.75 Å². The van der Waals surface area contributed by atoms with Gasteiger partial charge in [-0.1, -0.05) is 12.1 Å². The molecule has 4 rings (SSSR count). The number of hydrogen-bond donors (Lipinski definition) is 1. The Bertz CT molecular complexity index is 1370. The summed E-state index contributed by atoms with van der Waals surface area (Å²) < 4.78 is 89.8. The molecule has 1 fully saturated rings. The summed E-state index contributed by atoms with van der Waals surface area (Å²) >= 11 is 0. The van der Waals surface area contributed by atoms with E-state index in [1.807, 2.05) is 12.1 Å². The van der Waals surface area contributed by atoms with E-state index in [0.717, 1.165) is 29.1 Å². The van der Waals surface area contributed by atoms with Crippen LogP contribution in [0.1, 0.15) is 47.5 Å². The standard InChI is InChI=1S/C25H25F4N3O5S/c1-36-23-11-20(24(33)37-2)21(26)12-22(23)32(38(34)35)19-13-30-31(14-19)18-9-5-16(6-10-18)15-3-7-17(8-4-15)25(27,28)29/h5-6,9-15,17,38H,3-4,7-8H2,1-2H3. The van der Waals surface area contributed by atoms with E-state index in [-0.39, 0.29) is 35.9 Å². The maximum Gasteiger partial charge on any atom is 0.391 e. The van der Waals surface area contributed by atoms with E-state index in [1.54, 1.807) is 12.1 Å². The second-order valence-electron chi connectivity index (χ2n) is 8.87. The second kappa shape index (κ2) is 11.0. The van der Waals surface area contributed by atoms with Crippen molar-refractivity contribution in [1.82, 2.24) is 9.78 Å². The van der Waals surface area contributed by atoms with Crippen LogP contribution in [0.2, 0.25) is 0 Å². The van der Waals surface area contributed by atoms with Gasteiger partial charge in [0.05, 0.1) is 49.5 Å². The van der Waals surface area contributed by atoms with Gasteiger partial charge in [-0.05, 0) is 55.4 Å². The number of rotatable bonds is 7. The molecule has 0 unspecified atom stereocenters. The van der Waals surface area contributed by atoms with Crippen LogP contribution in [0.3, 0.4) is 0 Å². The highest BCUT2D eigenvalue weighted by Crippen LogP contribution is 2.43. The molecule has 1 saturated carbocycles. The Balaban J connectivity index is 1.57. The minimum absolute atomic E-state index is 0.0335. The van der Waals surface area contributed by atoms with Crippen LogP contribution in [0.15, 0.2) is 48.8 Å². The first-order valence-corrected chi connectivity index (χ1v) is 12.8. The molecule has 204 valence electrons. The van der Waals surface area contributed by atoms with Crippen molar-refractivity contribution in [2.24, 2.45) is 5.92 Å². The van der Waals surface area contributed by atoms with E-state index >= 15 is 0 Å². The summed E-state index contributed by atoms with van der Waals surface area (Å²) in [7, 11) is -0.994. The zero-order chi connectivity index (χ0) is 27.6. The number of halogens is 4. The average Bonchev–Trinajstić information content (AvgIpc) is 3.37. The Morgan fingerprint density at radius 3 is 2.29 bits per heavy atom. The van der Waals surface area contributed by atoms with Crippen molar-refractivity contribution in [3.63, 3.8) is 0 Å². The number of benzene rings is 2. The van der Waals surface area contributed by atoms with Crippen LogP contribution in [-0.2, 0) is 15.6 Å². The van der Waals surface area contributed by atoms with Gasteiger partial charge in [-0.25, -0.2) is 26.6 Å². The van der Waals surface area contributed by atoms with E-state index in [1.165, 1.54) is 24.2 Å². The van der Waals surface area contributed by atoms with Crippen molar-refractivity contribution in [2.75, 3.05) is 18.5 Å². The molecule has 13 heteroatoms. The van der Waals surface area contributed by atoms with Gasteiger partial charge in [0.2, 0.25) is 10.9 Å². The quantitative estimate of drug-likeness (QED) is 0.242. The summed E-state index contributed by atoms with van der Waals surface area (Å²) in [6.45, 7) is 0. The Hall–Kier alpha value is -3.61. The summed E-state index contributed by atoms with van der Waals surface area (Å²) in [6, 6.07) is 9.05. The molecule has 8 nitrogen and oxygen atoms in total. The van der Waals surface area contributed by atoms with Crippen LogP contribution in [-0.4, -0.2) is 44.6 Å². The van der Waals surface area contributed by atoms with Crippen molar-refractivity contribution < 1.29 is 40.2 Å². The van der Waals surface area contributed by atoms with Crippen LogP contribution < -0.4 is 9.04 Å². The molecule has 0 saturated heterocycles.